The average Bonchev–Trinajstić information content (AvgIpc) is 2.86. The number of anilines is 5. The molecule has 0 atom stereocenters. The number of nitrogens with zero attached hydrogens (tertiary/aromatic N) is 3. The molecule has 0 amide bonds. The third-order valence-corrected chi connectivity index (χ3v) is 5.79. The molecule has 0 saturated carbocycles. The number of hydrogen-bond donors (Lipinski definition) is 3. The maximum Gasteiger partial charge on any atom is 0.229 e. The van der Waals surface area contributed by atoms with Gasteiger partial charge in [-0.25, -0.2) is 4.98 Å². The van der Waals surface area contributed by atoms with Crippen LogP contribution in [0.25, 0.3) is 0 Å². The summed E-state index contributed by atoms with van der Waals surface area (Å²) in [6.45, 7) is 5.29. The second-order valence-electron chi connectivity index (χ2n) is 7.73. The van der Waals surface area contributed by atoms with Crippen molar-refractivity contribution in [2.75, 3.05) is 55.9 Å². The highest BCUT2D eigenvalue weighted by atomic mass is 35.5. The Bertz CT molecular complexity index is 1180. The number of carbonyl (C=O) groups excluding carboxylic acids is 1. The monoisotopic (exact) mass is 482 g/mol. The van der Waals surface area contributed by atoms with E-state index in [2.05, 4.69) is 30.8 Å². The number of piperazine rings is 1. The van der Waals surface area contributed by atoms with Gasteiger partial charge in [-0.05, 0) is 37.3 Å². The number of nitrogens with one attached hydrogen (secondary N) is 3. The van der Waals surface area contributed by atoms with Crippen LogP contribution in [0.15, 0.2) is 42.6 Å². The molecule has 0 radical (unpaired) electrons. The normalized spacial score (nSPS) is 13.4. The van der Waals surface area contributed by atoms with Crippen LogP contribution >= 0.6 is 11.6 Å². The molecule has 0 spiro atoms. The first-order valence-electron chi connectivity index (χ1n) is 10.9. The minimum atomic E-state index is -0.112. The van der Waals surface area contributed by atoms with E-state index in [0.717, 1.165) is 37.6 Å². The van der Waals surface area contributed by atoms with Crippen molar-refractivity contribution in [3.05, 3.63) is 53.2 Å². The van der Waals surface area contributed by atoms with Crippen LogP contribution in [0.1, 0.15) is 17.3 Å². The van der Waals surface area contributed by atoms with Gasteiger partial charge in [-0.1, -0.05) is 11.6 Å². The first kappa shape index (κ1) is 23.6. The third kappa shape index (κ3) is 5.32. The number of Topliss-reactive ketones (excluding diaryl/α,β-unsaturated/α-hetero) is 1. The maximum atomic E-state index is 12.1. The van der Waals surface area contributed by atoms with Gasteiger partial charge in [-0.3, -0.25) is 4.79 Å². The van der Waals surface area contributed by atoms with Gasteiger partial charge in [0, 0.05) is 43.5 Å². The number of halogens is 1. The van der Waals surface area contributed by atoms with Crippen molar-refractivity contribution < 1.29 is 14.3 Å². The molecule has 4 rings (SSSR count). The summed E-state index contributed by atoms with van der Waals surface area (Å²) in [6.07, 6.45) is 1.50. The smallest absolute Gasteiger partial charge is 0.229 e. The Balaban J connectivity index is 1.58. The lowest BCUT2D eigenvalue weighted by Crippen LogP contribution is -2.43. The van der Waals surface area contributed by atoms with Crippen molar-refractivity contribution in [3.63, 3.8) is 0 Å². The SMILES string of the molecule is COc1ccc(Nc2nc(Nc3ccc(N4CCNCC4)cc3OC)ncc2Cl)c(C(C)=O)c1. The molecule has 0 aliphatic carbocycles. The zero-order valence-electron chi connectivity index (χ0n) is 19.3. The van der Waals surface area contributed by atoms with Crippen LogP contribution in [0, 0.1) is 0 Å². The molecular formula is C24H27ClN6O3. The summed E-state index contributed by atoms with van der Waals surface area (Å²) < 4.78 is 10.8. The average molecular weight is 483 g/mol. The Labute approximate surface area is 203 Å². The van der Waals surface area contributed by atoms with Gasteiger partial charge in [0.05, 0.1) is 31.8 Å². The minimum absolute atomic E-state index is 0.112. The van der Waals surface area contributed by atoms with E-state index in [0.29, 0.717) is 39.5 Å². The number of ether oxygens (including phenoxy) is 2. The first-order chi connectivity index (χ1) is 16.5. The minimum Gasteiger partial charge on any atom is -0.497 e. The second kappa shape index (κ2) is 10.6. The van der Waals surface area contributed by atoms with Crippen molar-refractivity contribution in [1.82, 2.24) is 15.3 Å². The summed E-state index contributed by atoms with van der Waals surface area (Å²) in [7, 11) is 3.18. The topological polar surface area (TPSA) is 101 Å². The Morgan fingerprint density at radius 3 is 2.53 bits per heavy atom. The van der Waals surface area contributed by atoms with Crippen LogP contribution < -0.4 is 30.3 Å². The molecule has 1 saturated heterocycles. The van der Waals surface area contributed by atoms with Crippen molar-refractivity contribution >= 4 is 46.2 Å². The van der Waals surface area contributed by atoms with Crippen molar-refractivity contribution in [2.45, 2.75) is 6.92 Å². The number of ketones is 1. The number of carbonyl (C=O) groups is 1. The van der Waals surface area contributed by atoms with Crippen LogP contribution in [0.4, 0.5) is 28.8 Å². The highest BCUT2D eigenvalue weighted by Crippen LogP contribution is 2.33. The van der Waals surface area contributed by atoms with Crippen molar-refractivity contribution in [3.8, 4) is 11.5 Å². The predicted molar refractivity (Wildman–Crippen MR) is 135 cm³/mol. The highest BCUT2D eigenvalue weighted by molar-refractivity contribution is 6.33. The Morgan fingerprint density at radius 2 is 1.82 bits per heavy atom. The molecule has 178 valence electrons. The first-order valence-corrected chi connectivity index (χ1v) is 11.3. The second-order valence-corrected chi connectivity index (χ2v) is 8.14. The number of methoxy groups -OCH3 is 2. The summed E-state index contributed by atoms with van der Waals surface area (Å²) in [4.78, 5) is 23.3. The molecule has 2 aromatic carbocycles. The standard InChI is InChI=1S/C24H27ClN6O3/c1-15(32)18-13-17(33-2)5-7-20(18)28-23-19(25)14-27-24(30-23)29-21-6-4-16(12-22(21)34-3)31-10-8-26-9-11-31/h4-7,12-14,26H,8-11H2,1-3H3,(H2,27,28,29,30). The molecular weight excluding hydrogens is 456 g/mol. The molecule has 2 heterocycles. The zero-order chi connectivity index (χ0) is 24.1. The van der Waals surface area contributed by atoms with Gasteiger partial charge in [-0.2, -0.15) is 4.98 Å². The van der Waals surface area contributed by atoms with E-state index >= 15 is 0 Å². The molecule has 1 aliphatic heterocycles. The van der Waals surface area contributed by atoms with E-state index in [1.54, 1.807) is 32.4 Å². The summed E-state index contributed by atoms with van der Waals surface area (Å²) >= 11 is 6.34. The van der Waals surface area contributed by atoms with E-state index in [1.807, 2.05) is 18.2 Å². The molecule has 1 aliphatic rings. The van der Waals surface area contributed by atoms with Gasteiger partial charge in [0.15, 0.2) is 11.6 Å². The van der Waals surface area contributed by atoms with E-state index in [9.17, 15) is 4.79 Å². The van der Waals surface area contributed by atoms with E-state index in [-0.39, 0.29) is 5.78 Å². The molecule has 0 unspecified atom stereocenters. The fourth-order valence-electron chi connectivity index (χ4n) is 3.72. The fourth-order valence-corrected chi connectivity index (χ4v) is 3.85. The van der Waals surface area contributed by atoms with Crippen LogP contribution in [-0.2, 0) is 0 Å². The fraction of sp³-hybridized carbons (Fsp3) is 0.292. The molecule has 1 aromatic heterocycles. The quantitative estimate of drug-likeness (QED) is 0.407. The van der Waals surface area contributed by atoms with Gasteiger partial charge in [-0.15, -0.1) is 0 Å². The van der Waals surface area contributed by atoms with Crippen LogP contribution in [-0.4, -0.2) is 56.1 Å². The lowest BCUT2D eigenvalue weighted by atomic mass is 10.1. The lowest BCUT2D eigenvalue weighted by molar-refractivity contribution is 0.101. The number of rotatable bonds is 8. The number of hydrogen-bond acceptors (Lipinski definition) is 9. The lowest BCUT2D eigenvalue weighted by Gasteiger charge is -2.30. The molecule has 10 heteroatoms. The molecule has 3 aromatic rings. The van der Waals surface area contributed by atoms with Crippen LogP contribution in [0.2, 0.25) is 5.02 Å². The molecule has 3 N–H and O–H groups in total. The van der Waals surface area contributed by atoms with Gasteiger partial charge in [0.2, 0.25) is 5.95 Å². The molecule has 34 heavy (non-hydrogen) atoms. The maximum absolute atomic E-state index is 12.1. The number of aromatic nitrogens is 2. The molecule has 9 nitrogen and oxygen atoms in total. The highest BCUT2D eigenvalue weighted by Gasteiger charge is 2.16. The summed E-state index contributed by atoms with van der Waals surface area (Å²) in [5, 5.41) is 10.0. The predicted octanol–water partition coefficient (Wildman–Crippen LogP) is 4.25. The van der Waals surface area contributed by atoms with Crippen molar-refractivity contribution in [1.29, 1.82) is 0 Å². The summed E-state index contributed by atoms with van der Waals surface area (Å²) in [5.74, 6) is 1.85. The molecule has 1 fully saturated rings. The number of benzene rings is 2. The van der Waals surface area contributed by atoms with Gasteiger partial charge in [0.25, 0.3) is 0 Å². The van der Waals surface area contributed by atoms with Gasteiger partial charge in [0.1, 0.15) is 16.5 Å². The van der Waals surface area contributed by atoms with Crippen LogP contribution in [0.5, 0.6) is 11.5 Å². The Kier molecular flexibility index (Phi) is 7.34. The summed E-state index contributed by atoms with van der Waals surface area (Å²) in [6, 6.07) is 11.2. The van der Waals surface area contributed by atoms with Gasteiger partial charge < -0.3 is 30.3 Å². The third-order valence-electron chi connectivity index (χ3n) is 5.52. The largest absolute Gasteiger partial charge is 0.497 e. The van der Waals surface area contributed by atoms with E-state index in [4.69, 9.17) is 21.1 Å². The zero-order valence-corrected chi connectivity index (χ0v) is 20.1. The van der Waals surface area contributed by atoms with E-state index in [1.165, 1.54) is 13.1 Å². The molecule has 0 bridgehead atoms. The van der Waals surface area contributed by atoms with Gasteiger partial charge >= 0.3 is 0 Å². The van der Waals surface area contributed by atoms with Crippen LogP contribution in [0.3, 0.4) is 0 Å². The van der Waals surface area contributed by atoms with E-state index < -0.39 is 0 Å². The van der Waals surface area contributed by atoms with Crippen molar-refractivity contribution in [2.24, 2.45) is 0 Å². The Morgan fingerprint density at radius 1 is 1.06 bits per heavy atom. The summed E-state index contributed by atoms with van der Waals surface area (Å²) in [5.41, 5.74) is 2.86. The Hall–Kier alpha value is -3.56.